The molecule has 1 heterocycles. The molecule has 0 bridgehead atoms. The number of carbonyl (C=O) groups excluding carboxylic acids is 1. The van der Waals surface area contributed by atoms with Gasteiger partial charge in [0.05, 0.1) is 0 Å². The number of rotatable bonds is 2. The summed E-state index contributed by atoms with van der Waals surface area (Å²) in [5, 5.41) is 0. The van der Waals surface area contributed by atoms with Crippen LogP contribution in [0.2, 0.25) is 0 Å². The summed E-state index contributed by atoms with van der Waals surface area (Å²) in [5.74, 6) is 1.32. The molecule has 1 unspecified atom stereocenters. The lowest BCUT2D eigenvalue weighted by Gasteiger charge is -2.15. The highest BCUT2D eigenvalue weighted by molar-refractivity contribution is 5.81. The summed E-state index contributed by atoms with van der Waals surface area (Å²) >= 11 is 0. The Labute approximate surface area is 72.9 Å². The second-order valence-electron chi connectivity index (χ2n) is 3.95. The first-order chi connectivity index (χ1) is 5.81. The van der Waals surface area contributed by atoms with Crippen molar-refractivity contribution in [3.63, 3.8) is 0 Å². The molecule has 1 saturated heterocycles. The van der Waals surface area contributed by atoms with Crippen LogP contribution in [-0.2, 0) is 4.79 Å². The van der Waals surface area contributed by atoms with Gasteiger partial charge in [0.15, 0.2) is 0 Å². The molecular formula is C9H16N2O. The Bertz CT molecular complexity index is 189. The summed E-state index contributed by atoms with van der Waals surface area (Å²) in [6, 6.07) is 0. The van der Waals surface area contributed by atoms with Gasteiger partial charge in [-0.15, -0.1) is 0 Å². The van der Waals surface area contributed by atoms with Crippen molar-refractivity contribution in [3.05, 3.63) is 0 Å². The zero-order chi connectivity index (χ0) is 8.55. The number of amides is 1. The van der Waals surface area contributed by atoms with Crippen molar-refractivity contribution in [2.75, 3.05) is 19.6 Å². The molecule has 2 fully saturated rings. The van der Waals surface area contributed by atoms with Gasteiger partial charge in [0.2, 0.25) is 5.91 Å². The Hall–Kier alpha value is -0.570. The van der Waals surface area contributed by atoms with E-state index in [1.54, 1.807) is 0 Å². The molecule has 2 N–H and O–H groups in total. The Morgan fingerprint density at radius 3 is 2.67 bits per heavy atom. The second kappa shape index (κ2) is 3.05. The monoisotopic (exact) mass is 168 g/mol. The van der Waals surface area contributed by atoms with Crippen LogP contribution < -0.4 is 5.73 Å². The average Bonchev–Trinajstić information content (AvgIpc) is 2.82. The smallest absolute Gasteiger partial charge is 0.225 e. The van der Waals surface area contributed by atoms with E-state index >= 15 is 0 Å². The highest BCUT2D eigenvalue weighted by atomic mass is 16.2. The van der Waals surface area contributed by atoms with E-state index in [0.717, 1.165) is 38.9 Å². The fraction of sp³-hybridized carbons (Fsp3) is 0.889. The van der Waals surface area contributed by atoms with Crippen LogP contribution in [0.1, 0.15) is 19.3 Å². The summed E-state index contributed by atoms with van der Waals surface area (Å²) < 4.78 is 0. The largest absolute Gasteiger partial charge is 0.342 e. The first kappa shape index (κ1) is 8.05. The van der Waals surface area contributed by atoms with Crippen molar-refractivity contribution in [2.45, 2.75) is 19.3 Å². The molecule has 12 heavy (non-hydrogen) atoms. The van der Waals surface area contributed by atoms with E-state index in [-0.39, 0.29) is 0 Å². The van der Waals surface area contributed by atoms with Crippen molar-refractivity contribution < 1.29 is 4.79 Å². The highest BCUT2D eigenvalue weighted by Crippen LogP contribution is 2.32. The van der Waals surface area contributed by atoms with Gasteiger partial charge in [-0.1, -0.05) is 0 Å². The van der Waals surface area contributed by atoms with Crippen LogP contribution >= 0.6 is 0 Å². The number of nitrogens with zero attached hydrogens (tertiary/aromatic N) is 1. The lowest BCUT2D eigenvalue weighted by molar-refractivity contribution is -0.131. The Morgan fingerprint density at radius 1 is 1.42 bits per heavy atom. The van der Waals surface area contributed by atoms with E-state index < -0.39 is 0 Å². The van der Waals surface area contributed by atoms with E-state index in [2.05, 4.69) is 0 Å². The zero-order valence-corrected chi connectivity index (χ0v) is 7.33. The molecule has 0 aromatic heterocycles. The van der Waals surface area contributed by atoms with Crippen LogP contribution in [0.25, 0.3) is 0 Å². The van der Waals surface area contributed by atoms with Gasteiger partial charge < -0.3 is 10.6 Å². The van der Waals surface area contributed by atoms with Gasteiger partial charge in [-0.2, -0.15) is 0 Å². The number of hydrogen-bond acceptors (Lipinski definition) is 2. The first-order valence-electron chi connectivity index (χ1n) is 4.80. The van der Waals surface area contributed by atoms with Crippen molar-refractivity contribution in [1.82, 2.24) is 4.90 Å². The Balaban J connectivity index is 1.85. The van der Waals surface area contributed by atoms with Gasteiger partial charge in [0, 0.05) is 19.0 Å². The van der Waals surface area contributed by atoms with E-state index in [0.29, 0.717) is 17.7 Å². The predicted molar refractivity (Wildman–Crippen MR) is 46.5 cm³/mol. The minimum atomic E-state index is 0.376. The molecule has 0 aromatic carbocycles. The van der Waals surface area contributed by atoms with E-state index in [9.17, 15) is 4.79 Å². The van der Waals surface area contributed by atoms with Gasteiger partial charge >= 0.3 is 0 Å². The maximum atomic E-state index is 11.6. The van der Waals surface area contributed by atoms with E-state index in [1.165, 1.54) is 0 Å². The van der Waals surface area contributed by atoms with Crippen molar-refractivity contribution in [3.8, 4) is 0 Å². The summed E-state index contributed by atoms with van der Waals surface area (Å²) in [6.07, 6.45) is 3.33. The summed E-state index contributed by atoms with van der Waals surface area (Å²) in [7, 11) is 0. The molecule has 68 valence electrons. The number of carbonyl (C=O) groups is 1. The Kier molecular flexibility index (Phi) is 2.05. The third-order valence-corrected chi connectivity index (χ3v) is 2.86. The number of likely N-dealkylation sites (tertiary alicyclic amines) is 1. The summed E-state index contributed by atoms with van der Waals surface area (Å²) in [6.45, 7) is 2.58. The highest BCUT2D eigenvalue weighted by Gasteiger charge is 2.36. The molecule has 1 saturated carbocycles. The third-order valence-electron chi connectivity index (χ3n) is 2.86. The molecule has 3 heteroatoms. The fourth-order valence-corrected chi connectivity index (χ4v) is 1.81. The molecule has 1 amide bonds. The van der Waals surface area contributed by atoms with Crippen molar-refractivity contribution in [2.24, 2.45) is 17.6 Å². The van der Waals surface area contributed by atoms with Gasteiger partial charge in [0.25, 0.3) is 0 Å². The molecule has 1 atom stereocenters. The van der Waals surface area contributed by atoms with Crippen LogP contribution in [0.4, 0.5) is 0 Å². The normalized spacial score (nSPS) is 29.4. The van der Waals surface area contributed by atoms with Gasteiger partial charge in [-0.05, 0) is 31.7 Å². The average molecular weight is 168 g/mol. The number of hydrogen-bond donors (Lipinski definition) is 1. The summed E-state index contributed by atoms with van der Waals surface area (Å²) in [5.41, 5.74) is 5.55. The van der Waals surface area contributed by atoms with Crippen LogP contribution in [0.5, 0.6) is 0 Å². The molecular weight excluding hydrogens is 152 g/mol. The molecule has 0 radical (unpaired) electrons. The first-order valence-corrected chi connectivity index (χ1v) is 4.80. The molecule has 3 nitrogen and oxygen atoms in total. The third kappa shape index (κ3) is 1.46. The van der Waals surface area contributed by atoms with Crippen LogP contribution in [-0.4, -0.2) is 30.4 Å². The molecule has 0 spiro atoms. The van der Waals surface area contributed by atoms with E-state index in [1.807, 2.05) is 4.90 Å². The molecule has 1 aliphatic heterocycles. The molecule has 2 aliphatic rings. The minimum Gasteiger partial charge on any atom is -0.342 e. The van der Waals surface area contributed by atoms with Crippen LogP contribution in [0.15, 0.2) is 0 Å². The van der Waals surface area contributed by atoms with Gasteiger partial charge in [0.1, 0.15) is 0 Å². The summed E-state index contributed by atoms with van der Waals surface area (Å²) in [4.78, 5) is 13.5. The maximum Gasteiger partial charge on any atom is 0.225 e. The predicted octanol–water partition coefficient (Wildman–Crippen LogP) is 0.204. The topological polar surface area (TPSA) is 46.3 Å². The minimum absolute atomic E-state index is 0.376. The lowest BCUT2D eigenvalue weighted by atomic mass is 10.1. The van der Waals surface area contributed by atoms with E-state index in [4.69, 9.17) is 5.73 Å². The van der Waals surface area contributed by atoms with Crippen molar-refractivity contribution in [1.29, 1.82) is 0 Å². The standard InChI is InChI=1S/C9H16N2O/c10-5-7-3-4-11(6-7)9(12)8-1-2-8/h7-8H,1-6,10H2. The molecule has 0 aromatic rings. The van der Waals surface area contributed by atoms with Crippen LogP contribution in [0, 0.1) is 11.8 Å². The molecule has 1 aliphatic carbocycles. The van der Waals surface area contributed by atoms with Crippen molar-refractivity contribution >= 4 is 5.91 Å². The lowest BCUT2D eigenvalue weighted by Crippen LogP contribution is -2.30. The second-order valence-corrected chi connectivity index (χ2v) is 3.95. The van der Waals surface area contributed by atoms with Gasteiger partial charge in [-0.25, -0.2) is 0 Å². The maximum absolute atomic E-state index is 11.6. The fourth-order valence-electron chi connectivity index (χ4n) is 1.81. The van der Waals surface area contributed by atoms with Gasteiger partial charge in [-0.3, -0.25) is 4.79 Å². The Morgan fingerprint density at radius 2 is 2.17 bits per heavy atom. The SMILES string of the molecule is NCC1CCN(C(=O)C2CC2)C1. The quantitative estimate of drug-likeness (QED) is 0.640. The number of nitrogens with two attached hydrogens (primary N) is 1. The molecule has 2 rings (SSSR count). The zero-order valence-electron chi connectivity index (χ0n) is 7.33. The van der Waals surface area contributed by atoms with Crippen LogP contribution in [0.3, 0.4) is 0 Å².